The third-order valence-corrected chi connectivity index (χ3v) is 4.04. The van der Waals surface area contributed by atoms with Crippen molar-refractivity contribution in [1.29, 1.82) is 0 Å². The fourth-order valence-corrected chi connectivity index (χ4v) is 2.65. The van der Waals surface area contributed by atoms with Gasteiger partial charge in [-0.15, -0.1) is 0 Å². The molecule has 3 aromatic rings. The molecule has 3 rings (SSSR count). The van der Waals surface area contributed by atoms with Gasteiger partial charge in [-0.2, -0.15) is 5.06 Å². The predicted octanol–water partition coefficient (Wildman–Crippen LogP) is 5.13. The first kappa shape index (κ1) is 23.6. The Hall–Kier alpha value is -2.44. The van der Waals surface area contributed by atoms with Crippen LogP contribution in [0.15, 0.2) is 84.9 Å². The zero-order valence-corrected chi connectivity index (χ0v) is 19.3. The first-order valence-electron chi connectivity index (χ1n) is 8.46. The summed E-state index contributed by atoms with van der Waals surface area (Å²) in [5.41, 5.74) is 2.85. The third kappa shape index (κ3) is 6.62. The summed E-state index contributed by atoms with van der Waals surface area (Å²) in [7, 11) is 1.63. The van der Waals surface area contributed by atoms with Gasteiger partial charge in [0.15, 0.2) is 0 Å². The number of nitrogens with zero attached hydrogens (tertiary/aromatic N) is 1. The molecule has 0 heterocycles. The molecule has 0 aliphatic rings. The minimum absolute atomic E-state index is 0. The van der Waals surface area contributed by atoms with E-state index in [0.29, 0.717) is 6.54 Å². The standard InChI is InChI=1S/C23H21NO2.CH3.Zn/c1-26-22-15-13-21(14-16-22)23(17-12-19-8-4-2-5-9-19)24(25)18-20-10-6-3-7-11-20;;/h2-11,13-16,23,25H,18H2,1H3;1H3;/q;-1;. The maximum absolute atomic E-state index is 10.7. The number of methoxy groups -OCH3 is 1. The van der Waals surface area contributed by atoms with Crippen molar-refractivity contribution in [1.82, 2.24) is 5.06 Å². The summed E-state index contributed by atoms with van der Waals surface area (Å²) in [6.07, 6.45) is 0. The first-order chi connectivity index (χ1) is 12.8. The molecule has 0 amide bonds. The van der Waals surface area contributed by atoms with Crippen molar-refractivity contribution in [2.75, 3.05) is 7.11 Å². The molecule has 1 atom stereocenters. The molecule has 140 valence electrons. The Balaban J connectivity index is 0.00000196. The number of hydrogen-bond acceptors (Lipinski definition) is 3. The van der Waals surface area contributed by atoms with Gasteiger partial charge in [-0.05, 0) is 35.4 Å². The van der Waals surface area contributed by atoms with Crippen molar-refractivity contribution in [2.24, 2.45) is 0 Å². The van der Waals surface area contributed by atoms with Crippen LogP contribution in [-0.4, -0.2) is 17.4 Å². The van der Waals surface area contributed by atoms with Crippen LogP contribution in [0.5, 0.6) is 5.75 Å². The minimum atomic E-state index is -0.443. The number of rotatable bonds is 5. The van der Waals surface area contributed by atoms with Crippen LogP contribution in [0.2, 0.25) is 0 Å². The zero-order valence-electron chi connectivity index (χ0n) is 16.4. The topological polar surface area (TPSA) is 32.7 Å². The van der Waals surface area contributed by atoms with E-state index in [1.165, 1.54) is 5.06 Å². The van der Waals surface area contributed by atoms with Crippen LogP contribution in [0, 0.1) is 19.3 Å². The van der Waals surface area contributed by atoms with Gasteiger partial charge in [0.1, 0.15) is 11.8 Å². The normalized spacial score (nSPS) is 10.7. The summed E-state index contributed by atoms with van der Waals surface area (Å²) in [5.74, 6) is 7.12. The molecule has 0 saturated carbocycles. The second-order valence-corrected chi connectivity index (χ2v) is 5.89. The molecular formula is C24H24NO2Zn-. The van der Waals surface area contributed by atoms with Crippen LogP contribution in [-0.2, 0) is 26.0 Å². The fourth-order valence-electron chi connectivity index (χ4n) is 2.65. The Morgan fingerprint density at radius 2 is 1.46 bits per heavy atom. The van der Waals surface area contributed by atoms with Crippen molar-refractivity contribution < 1.29 is 29.4 Å². The Kier molecular flexibility index (Phi) is 10.2. The Morgan fingerprint density at radius 3 is 2.04 bits per heavy atom. The molecule has 1 unspecified atom stereocenters. The van der Waals surface area contributed by atoms with Crippen LogP contribution < -0.4 is 4.74 Å². The van der Waals surface area contributed by atoms with Crippen LogP contribution in [0.1, 0.15) is 22.7 Å². The van der Waals surface area contributed by atoms with Crippen LogP contribution in [0.3, 0.4) is 0 Å². The summed E-state index contributed by atoms with van der Waals surface area (Å²) >= 11 is 0. The van der Waals surface area contributed by atoms with Crippen molar-refractivity contribution in [3.63, 3.8) is 0 Å². The van der Waals surface area contributed by atoms with Crippen molar-refractivity contribution in [3.05, 3.63) is 109 Å². The summed E-state index contributed by atoms with van der Waals surface area (Å²) in [4.78, 5) is 0. The molecule has 0 radical (unpaired) electrons. The molecule has 3 nitrogen and oxygen atoms in total. The SMILES string of the molecule is COc1ccc(C(C#Cc2ccccc2)N(O)Cc2ccccc2)cc1.[CH3-].[Zn]. The molecule has 1 N–H and O–H groups in total. The van der Waals surface area contributed by atoms with Gasteiger partial charge in [0, 0.05) is 25.0 Å². The monoisotopic (exact) mass is 422 g/mol. The fraction of sp³-hybridized carbons (Fsp3) is 0.125. The second kappa shape index (κ2) is 12.1. The van der Waals surface area contributed by atoms with Gasteiger partial charge in [-0.25, -0.2) is 0 Å². The van der Waals surface area contributed by atoms with E-state index in [1.54, 1.807) is 7.11 Å². The predicted molar refractivity (Wildman–Crippen MR) is 109 cm³/mol. The number of hydroxylamine groups is 2. The summed E-state index contributed by atoms with van der Waals surface area (Å²) in [6.45, 7) is 0.390. The van der Waals surface area contributed by atoms with Gasteiger partial charge >= 0.3 is 0 Å². The number of benzene rings is 3. The van der Waals surface area contributed by atoms with E-state index in [4.69, 9.17) is 4.74 Å². The smallest absolute Gasteiger partial charge is 0.121 e. The van der Waals surface area contributed by atoms with E-state index in [2.05, 4.69) is 11.8 Å². The first-order valence-corrected chi connectivity index (χ1v) is 8.46. The van der Waals surface area contributed by atoms with E-state index in [1.807, 2.05) is 84.9 Å². The van der Waals surface area contributed by atoms with Gasteiger partial charge in [0.05, 0.1) is 13.7 Å². The molecule has 0 aromatic heterocycles. The quantitative estimate of drug-likeness (QED) is 0.267. The van der Waals surface area contributed by atoms with E-state index >= 15 is 0 Å². The molecule has 0 saturated heterocycles. The molecule has 28 heavy (non-hydrogen) atoms. The molecule has 0 aliphatic heterocycles. The molecule has 0 bridgehead atoms. The summed E-state index contributed by atoms with van der Waals surface area (Å²) in [5, 5.41) is 12.0. The largest absolute Gasteiger partial charge is 0.497 e. The summed E-state index contributed by atoms with van der Waals surface area (Å²) < 4.78 is 5.22. The molecule has 0 spiro atoms. The van der Waals surface area contributed by atoms with Crippen molar-refractivity contribution in [2.45, 2.75) is 12.6 Å². The van der Waals surface area contributed by atoms with E-state index in [0.717, 1.165) is 22.4 Å². The molecule has 3 aromatic carbocycles. The van der Waals surface area contributed by atoms with Gasteiger partial charge in [0.25, 0.3) is 0 Å². The maximum Gasteiger partial charge on any atom is 0.121 e. The van der Waals surface area contributed by atoms with Crippen molar-refractivity contribution in [3.8, 4) is 17.6 Å². The average Bonchev–Trinajstić information content (AvgIpc) is 2.70. The van der Waals surface area contributed by atoms with Crippen LogP contribution in [0.4, 0.5) is 0 Å². The zero-order chi connectivity index (χ0) is 18.2. The third-order valence-electron chi connectivity index (χ3n) is 4.04. The van der Waals surface area contributed by atoms with Gasteiger partial charge in [-0.3, -0.25) is 0 Å². The van der Waals surface area contributed by atoms with E-state index in [-0.39, 0.29) is 26.9 Å². The Morgan fingerprint density at radius 1 is 0.893 bits per heavy atom. The maximum atomic E-state index is 10.7. The Labute approximate surface area is 180 Å². The van der Waals surface area contributed by atoms with Crippen molar-refractivity contribution >= 4 is 0 Å². The average molecular weight is 424 g/mol. The van der Waals surface area contributed by atoms with Gasteiger partial charge in [0.2, 0.25) is 0 Å². The van der Waals surface area contributed by atoms with E-state index < -0.39 is 6.04 Å². The number of hydrogen-bond donors (Lipinski definition) is 1. The second-order valence-electron chi connectivity index (χ2n) is 5.89. The minimum Gasteiger partial charge on any atom is -0.497 e. The van der Waals surface area contributed by atoms with Gasteiger partial charge in [-0.1, -0.05) is 72.5 Å². The molecular weight excluding hydrogens is 400 g/mol. The molecule has 4 heteroatoms. The van der Waals surface area contributed by atoms with Crippen LogP contribution in [0.25, 0.3) is 0 Å². The Bertz CT molecular complexity index is 871. The molecule has 0 fully saturated rings. The van der Waals surface area contributed by atoms with Crippen LogP contribution >= 0.6 is 0 Å². The number of ether oxygens (including phenoxy) is 1. The van der Waals surface area contributed by atoms with Gasteiger partial charge < -0.3 is 17.4 Å². The molecule has 0 aliphatic carbocycles. The van der Waals surface area contributed by atoms with E-state index in [9.17, 15) is 5.21 Å². The summed E-state index contributed by atoms with van der Waals surface area (Å²) in [6, 6.07) is 26.8.